The highest BCUT2D eigenvalue weighted by molar-refractivity contribution is 8.18. The molecule has 2 heterocycles. The molecule has 1 aromatic heterocycles. The second-order valence-electron chi connectivity index (χ2n) is 5.44. The Kier molecular flexibility index (Phi) is 4.42. The summed E-state index contributed by atoms with van der Waals surface area (Å²) in [7, 11) is 0. The van der Waals surface area contributed by atoms with Crippen LogP contribution >= 0.6 is 11.8 Å². The van der Waals surface area contributed by atoms with Gasteiger partial charge in [0.1, 0.15) is 0 Å². The first-order chi connectivity index (χ1) is 9.85. The molecule has 1 unspecified atom stereocenters. The molecule has 1 aliphatic rings. The fourth-order valence-corrected chi connectivity index (χ4v) is 3.25. The summed E-state index contributed by atoms with van der Waals surface area (Å²) < 4.78 is 2.14. The number of nitrogens with zero attached hydrogens (tertiary/aromatic N) is 2. The van der Waals surface area contributed by atoms with Crippen molar-refractivity contribution in [3.05, 3.63) is 41.1 Å². The van der Waals surface area contributed by atoms with Crippen molar-refractivity contribution in [1.29, 1.82) is 0 Å². The Bertz CT molecular complexity index is 628. The van der Waals surface area contributed by atoms with Crippen LogP contribution in [-0.4, -0.2) is 26.7 Å². The van der Waals surface area contributed by atoms with Gasteiger partial charge in [0, 0.05) is 17.9 Å². The Hall–Kier alpha value is -1.75. The summed E-state index contributed by atoms with van der Waals surface area (Å²) in [5.41, 5.74) is 2.08. The SMILES string of the molecule is C=CC(C)N1C(=O)S/C(=C/c2cc(C)n(C(C)C)c2)C1=O. The topological polar surface area (TPSA) is 42.3 Å². The lowest BCUT2D eigenvalue weighted by Crippen LogP contribution is -2.35. The molecular weight excluding hydrogens is 284 g/mol. The molecule has 5 heteroatoms. The quantitative estimate of drug-likeness (QED) is 0.624. The molecule has 1 aromatic rings. The minimum atomic E-state index is -0.287. The van der Waals surface area contributed by atoms with Crippen LogP contribution in [-0.2, 0) is 4.79 Å². The van der Waals surface area contributed by atoms with E-state index in [1.165, 1.54) is 4.90 Å². The molecule has 0 radical (unpaired) electrons. The predicted octanol–water partition coefficient (Wildman–Crippen LogP) is 3.99. The Balaban J connectivity index is 2.31. The van der Waals surface area contributed by atoms with Crippen LogP contribution in [0.1, 0.15) is 38.1 Å². The summed E-state index contributed by atoms with van der Waals surface area (Å²) in [6.45, 7) is 11.7. The first-order valence-corrected chi connectivity index (χ1v) is 7.75. The summed E-state index contributed by atoms with van der Waals surface area (Å²) >= 11 is 0.985. The molecular formula is C16H20N2O2S. The number of carbonyl (C=O) groups excluding carboxylic acids is 2. The first kappa shape index (κ1) is 15.6. The lowest BCUT2D eigenvalue weighted by Gasteiger charge is -2.17. The third-order valence-corrected chi connectivity index (χ3v) is 4.38. The van der Waals surface area contributed by atoms with Crippen LogP contribution in [0.3, 0.4) is 0 Å². The van der Waals surface area contributed by atoms with Crippen molar-refractivity contribution >= 4 is 29.0 Å². The smallest absolute Gasteiger partial charge is 0.294 e. The molecule has 0 N–H and O–H groups in total. The van der Waals surface area contributed by atoms with Crippen LogP contribution in [0.25, 0.3) is 6.08 Å². The van der Waals surface area contributed by atoms with Crippen molar-refractivity contribution < 1.29 is 9.59 Å². The zero-order chi connectivity index (χ0) is 15.7. The zero-order valence-electron chi connectivity index (χ0n) is 12.8. The van der Waals surface area contributed by atoms with Crippen LogP contribution < -0.4 is 0 Å². The van der Waals surface area contributed by atoms with Gasteiger partial charge in [-0.15, -0.1) is 6.58 Å². The maximum absolute atomic E-state index is 12.3. The second kappa shape index (κ2) is 5.93. The molecule has 0 spiro atoms. The monoisotopic (exact) mass is 304 g/mol. The molecule has 0 bridgehead atoms. The van der Waals surface area contributed by atoms with Crippen molar-refractivity contribution in [2.75, 3.05) is 0 Å². The minimum absolute atomic E-state index is 0.237. The Morgan fingerprint density at radius 1 is 1.29 bits per heavy atom. The highest BCUT2D eigenvalue weighted by atomic mass is 32.2. The normalized spacial score (nSPS) is 18.9. The van der Waals surface area contributed by atoms with Gasteiger partial charge in [-0.2, -0.15) is 0 Å². The Morgan fingerprint density at radius 2 is 1.95 bits per heavy atom. The maximum Gasteiger partial charge on any atom is 0.294 e. The van der Waals surface area contributed by atoms with Crippen LogP contribution in [0.4, 0.5) is 4.79 Å². The molecule has 1 saturated heterocycles. The van der Waals surface area contributed by atoms with Crippen LogP contribution in [0, 0.1) is 6.92 Å². The van der Waals surface area contributed by atoms with E-state index in [1.807, 2.05) is 19.2 Å². The van der Waals surface area contributed by atoms with E-state index < -0.39 is 0 Å². The standard InChI is InChI=1S/C16H20N2O2S/c1-6-11(4)18-15(19)14(21-16(18)20)8-13-7-12(5)17(9-13)10(2)3/h6-11H,1H2,2-5H3/b14-8+. The van der Waals surface area contributed by atoms with Gasteiger partial charge in [0.15, 0.2) is 0 Å². The van der Waals surface area contributed by atoms with E-state index in [9.17, 15) is 9.59 Å². The molecule has 1 fully saturated rings. The molecule has 2 amide bonds. The fourth-order valence-electron chi connectivity index (χ4n) is 2.34. The first-order valence-electron chi connectivity index (χ1n) is 6.93. The summed E-state index contributed by atoms with van der Waals surface area (Å²) in [4.78, 5) is 26.0. The van der Waals surface area contributed by atoms with Crippen molar-refractivity contribution in [2.24, 2.45) is 0 Å². The molecule has 2 rings (SSSR count). The van der Waals surface area contributed by atoms with E-state index in [0.717, 1.165) is 23.0 Å². The highest BCUT2D eigenvalue weighted by Gasteiger charge is 2.37. The second-order valence-corrected chi connectivity index (χ2v) is 6.44. The van der Waals surface area contributed by atoms with Gasteiger partial charge in [0.05, 0.1) is 10.9 Å². The number of rotatable bonds is 4. The number of amides is 2. The molecule has 0 aromatic carbocycles. The van der Waals surface area contributed by atoms with E-state index in [-0.39, 0.29) is 17.2 Å². The van der Waals surface area contributed by atoms with Gasteiger partial charge >= 0.3 is 0 Å². The fraction of sp³-hybridized carbons (Fsp3) is 0.375. The minimum Gasteiger partial charge on any atom is -0.349 e. The van der Waals surface area contributed by atoms with E-state index in [4.69, 9.17) is 0 Å². The molecule has 1 aliphatic heterocycles. The van der Waals surface area contributed by atoms with E-state index in [1.54, 1.807) is 19.1 Å². The van der Waals surface area contributed by atoms with Gasteiger partial charge in [-0.25, -0.2) is 0 Å². The number of carbonyl (C=O) groups is 2. The zero-order valence-corrected chi connectivity index (χ0v) is 13.6. The maximum atomic E-state index is 12.3. The summed E-state index contributed by atoms with van der Waals surface area (Å²) in [6, 6.07) is 2.10. The number of aromatic nitrogens is 1. The van der Waals surface area contributed by atoms with Crippen molar-refractivity contribution in [3.63, 3.8) is 0 Å². The third kappa shape index (κ3) is 2.97. The van der Waals surface area contributed by atoms with Crippen LogP contribution in [0.5, 0.6) is 0 Å². The number of thioether (sulfide) groups is 1. The summed E-state index contributed by atoms with van der Waals surface area (Å²) in [5.74, 6) is -0.243. The van der Waals surface area contributed by atoms with Gasteiger partial charge in [-0.05, 0) is 57.2 Å². The highest BCUT2D eigenvalue weighted by Crippen LogP contribution is 2.34. The number of aryl methyl sites for hydroxylation is 1. The lowest BCUT2D eigenvalue weighted by atomic mass is 10.2. The largest absolute Gasteiger partial charge is 0.349 e. The predicted molar refractivity (Wildman–Crippen MR) is 87.0 cm³/mol. The van der Waals surface area contributed by atoms with E-state index in [2.05, 4.69) is 25.0 Å². The summed E-state index contributed by atoms with van der Waals surface area (Å²) in [5, 5.41) is -0.237. The average molecular weight is 304 g/mol. The number of hydrogen-bond donors (Lipinski definition) is 0. The molecule has 0 aliphatic carbocycles. The van der Waals surface area contributed by atoms with Gasteiger partial charge in [-0.1, -0.05) is 6.08 Å². The van der Waals surface area contributed by atoms with Crippen molar-refractivity contribution in [3.8, 4) is 0 Å². The summed E-state index contributed by atoms with van der Waals surface area (Å²) in [6.07, 6.45) is 5.39. The van der Waals surface area contributed by atoms with Crippen LogP contribution in [0.2, 0.25) is 0 Å². The number of hydrogen-bond acceptors (Lipinski definition) is 3. The molecule has 0 saturated carbocycles. The Labute approximate surface area is 129 Å². The molecule has 112 valence electrons. The van der Waals surface area contributed by atoms with Gasteiger partial charge < -0.3 is 4.57 Å². The van der Waals surface area contributed by atoms with E-state index >= 15 is 0 Å². The van der Waals surface area contributed by atoms with Gasteiger partial charge in [0.25, 0.3) is 11.1 Å². The molecule has 21 heavy (non-hydrogen) atoms. The Morgan fingerprint density at radius 3 is 2.48 bits per heavy atom. The lowest BCUT2D eigenvalue weighted by molar-refractivity contribution is -0.123. The van der Waals surface area contributed by atoms with E-state index in [0.29, 0.717) is 10.9 Å². The van der Waals surface area contributed by atoms with Gasteiger partial charge in [-0.3, -0.25) is 14.5 Å². The van der Waals surface area contributed by atoms with Gasteiger partial charge in [0.2, 0.25) is 0 Å². The van der Waals surface area contributed by atoms with Crippen molar-refractivity contribution in [1.82, 2.24) is 9.47 Å². The molecule has 1 atom stereocenters. The third-order valence-electron chi connectivity index (χ3n) is 3.50. The number of imide groups is 1. The molecule has 4 nitrogen and oxygen atoms in total. The van der Waals surface area contributed by atoms with Crippen LogP contribution in [0.15, 0.2) is 29.8 Å². The average Bonchev–Trinajstić information content (AvgIpc) is 2.90. The van der Waals surface area contributed by atoms with Crippen molar-refractivity contribution in [2.45, 2.75) is 39.8 Å².